The van der Waals surface area contributed by atoms with Crippen molar-refractivity contribution in [1.82, 2.24) is 10.1 Å². The minimum atomic E-state index is 0.210. The standard InChI is InChI=1S/C4H6N2O2S/c1-7-2-3-5-4(9)8-6-3/h2H2,1H3,(H,5,6,9). The topological polar surface area (TPSA) is 51.1 Å². The molecule has 0 aromatic carbocycles. The molecular weight excluding hydrogens is 140 g/mol. The average molecular weight is 146 g/mol. The lowest BCUT2D eigenvalue weighted by Crippen LogP contribution is -1.88. The monoisotopic (exact) mass is 146 g/mol. The third kappa shape index (κ3) is 1.62. The Balaban J connectivity index is 2.73. The van der Waals surface area contributed by atoms with Crippen molar-refractivity contribution in [3.8, 4) is 0 Å². The lowest BCUT2D eigenvalue weighted by molar-refractivity contribution is 0.174. The van der Waals surface area contributed by atoms with Gasteiger partial charge in [-0.1, -0.05) is 0 Å². The maximum atomic E-state index is 4.74. The summed E-state index contributed by atoms with van der Waals surface area (Å²) in [5.74, 6) is 0.613. The fourth-order valence-corrected chi connectivity index (χ4v) is 0.609. The number of ether oxygens (including phenoxy) is 1. The van der Waals surface area contributed by atoms with Gasteiger partial charge in [0.05, 0.1) is 0 Å². The highest BCUT2D eigenvalue weighted by Gasteiger charge is 1.93. The van der Waals surface area contributed by atoms with Gasteiger partial charge in [-0.3, -0.25) is 0 Å². The van der Waals surface area contributed by atoms with Gasteiger partial charge in [-0.05, 0) is 12.2 Å². The van der Waals surface area contributed by atoms with Crippen LogP contribution in [-0.4, -0.2) is 17.3 Å². The largest absolute Gasteiger partial charge is 0.377 e. The molecule has 0 radical (unpaired) electrons. The van der Waals surface area contributed by atoms with Gasteiger partial charge in [-0.2, -0.15) is 4.98 Å². The Bertz CT molecular complexity index is 228. The number of hydrogen-bond acceptors (Lipinski definition) is 4. The van der Waals surface area contributed by atoms with Gasteiger partial charge in [0.15, 0.2) is 5.82 Å². The van der Waals surface area contributed by atoms with Gasteiger partial charge in [0.25, 0.3) is 0 Å². The molecule has 9 heavy (non-hydrogen) atoms. The predicted octanol–water partition coefficient (Wildman–Crippen LogP) is 0.879. The predicted molar refractivity (Wildman–Crippen MR) is 32.4 cm³/mol. The van der Waals surface area contributed by atoms with Crippen molar-refractivity contribution in [1.29, 1.82) is 0 Å². The van der Waals surface area contributed by atoms with Gasteiger partial charge < -0.3 is 9.26 Å². The van der Waals surface area contributed by atoms with Crippen molar-refractivity contribution in [3.05, 3.63) is 10.7 Å². The summed E-state index contributed by atoms with van der Waals surface area (Å²) in [5.41, 5.74) is 0. The van der Waals surface area contributed by atoms with Crippen LogP contribution in [-0.2, 0) is 11.3 Å². The van der Waals surface area contributed by atoms with Crippen LogP contribution in [0.1, 0.15) is 5.82 Å². The molecule has 0 fully saturated rings. The van der Waals surface area contributed by atoms with Crippen LogP contribution in [0, 0.1) is 4.84 Å². The molecule has 0 aliphatic carbocycles. The summed E-state index contributed by atoms with van der Waals surface area (Å²) in [7, 11) is 1.57. The molecule has 1 rings (SSSR count). The normalized spacial score (nSPS) is 9.89. The van der Waals surface area contributed by atoms with Gasteiger partial charge in [0.2, 0.25) is 0 Å². The Hall–Kier alpha value is -0.680. The Morgan fingerprint density at radius 1 is 1.89 bits per heavy atom. The fourth-order valence-electron chi connectivity index (χ4n) is 0.457. The van der Waals surface area contributed by atoms with E-state index in [1.807, 2.05) is 0 Å². The zero-order valence-electron chi connectivity index (χ0n) is 4.88. The molecule has 0 atom stereocenters. The second-order valence-electron chi connectivity index (χ2n) is 1.46. The molecule has 1 aromatic heterocycles. The Morgan fingerprint density at radius 2 is 2.67 bits per heavy atom. The fraction of sp³-hybridized carbons (Fsp3) is 0.500. The second kappa shape index (κ2) is 2.75. The molecule has 4 nitrogen and oxygen atoms in total. The first kappa shape index (κ1) is 6.44. The number of rotatable bonds is 2. The molecule has 0 saturated carbocycles. The van der Waals surface area contributed by atoms with Crippen LogP contribution in [0.4, 0.5) is 0 Å². The lowest BCUT2D eigenvalue weighted by atomic mass is 10.7. The molecule has 0 bridgehead atoms. The van der Waals surface area contributed by atoms with E-state index < -0.39 is 0 Å². The highest BCUT2D eigenvalue weighted by Crippen LogP contribution is 1.91. The zero-order chi connectivity index (χ0) is 6.69. The van der Waals surface area contributed by atoms with E-state index in [1.165, 1.54) is 0 Å². The quantitative estimate of drug-likeness (QED) is 0.629. The number of hydrogen-bond donors (Lipinski definition) is 1. The van der Waals surface area contributed by atoms with Gasteiger partial charge in [0, 0.05) is 7.11 Å². The highest BCUT2D eigenvalue weighted by molar-refractivity contribution is 7.71. The van der Waals surface area contributed by atoms with E-state index in [2.05, 4.69) is 26.9 Å². The summed E-state index contributed by atoms with van der Waals surface area (Å²) < 4.78 is 9.36. The molecule has 0 unspecified atom stereocenters. The maximum Gasteiger partial charge on any atom is 0.314 e. The smallest absolute Gasteiger partial charge is 0.314 e. The van der Waals surface area contributed by atoms with Gasteiger partial charge in [-0.15, -0.1) is 0 Å². The van der Waals surface area contributed by atoms with Gasteiger partial charge in [-0.25, -0.2) is 5.16 Å². The van der Waals surface area contributed by atoms with E-state index in [1.54, 1.807) is 7.11 Å². The first-order valence-corrected chi connectivity index (χ1v) is 2.77. The Kier molecular flexibility index (Phi) is 1.96. The minimum Gasteiger partial charge on any atom is -0.377 e. The van der Waals surface area contributed by atoms with E-state index in [0.29, 0.717) is 12.4 Å². The second-order valence-corrected chi connectivity index (χ2v) is 1.81. The number of aromatic nitrogens is 2. The van der Waals surface area contributed by atoms with Crippen LogP contribution < -0.4 is 0 Å². The van der Waals surface area contributed by atoms with Crippen molar-refractivity contribution in [3.63, 3.8) is 0 Å². The van der Waals surface area contributed by atoms with Crippen molar-refractivity contribution in [2.24, 2.45) is 0 Å². The molecule has 0 aliphatic heterocycles. The molecule has 5 heteroatoms. The van der Waals surface area contributed by atoms with Crippen molar-refractivity contribution >= 4 is 12.2 Å². The van der Waals surface area contributed by atoms with Gasteiger partial charge in [0.1, 0.15) is 6.61 Å². The van der Waals surface area contributed by atoms with Crippen molar-refractivity contribution < 1.29 is 9.26 Å². The van der Waals surface area contributed by atoms with Crippen LogP contribution in [0.15, 0.2) is 4.52 Å². The Morgan fingerprint density at radius 3 is 3.11 bits per heavy atom. The summed E-state index contributed by atoms with van der Waals surface area (Å²) in [6.07, 6.45) is 0. The number of aromatic amines is 1. The molecule has 1 heterocycles. The number of nitrogens with one attached hydrogen (secondary N) is 1. The van der Waals surface area contributed by atoms with Crippen molar-refractivity contribution in [2.45, 2.75) is 6.61 Å². The van der Waals surface area contributed by atoms with Crippen LogP contribution in [0.5, 0.6) is 0 Å². The SMILES string of the molecule is COCc1nc(=S)o[nH]1. The zero-order valence-corrected chi connectivity index (χ0v) is 5.70. The van der Waals surface area contributed by atoms with Crippen LogP contribution in [0.25, 0.3) is 0 Å². The van der Waals surface area contributed by atoms with Crippen LogP contribution in [0.3, 0.4) is 0 Å². The minimum absolute atomic E-state index is 0.210. The third-order valence-electron chi connectivity index (χ3n) is 0.763. The maximum absolute atomic E-state index is 4.74. The molecule has 0 saturated heterocycles. The summed E-state index contributed by atoms with van der Waals surface area (Å²) in [5, 5.41) is 2.49. The summed E-state index contributed by atoms with van der Waals surface area (Å²) in [4.78, 5) is 3.98. The Labute approximate surface area is 56.8 Å². The summed E-state index contributed by atoms with van der Waals surface area (Å²) in [6, 6.07) is 0. The number of H-pyrrole nitrogens is 1. The van der Waals surface area contributed by atoms with E-state index in [-0.39, 0.29) is 4.84 Å². The molecule has 1 aromatic rings. The lowest BCUT2D eigenvalue weighted by Gasteiger charge is -1.86. The summed E-state index contributed by atoms with van der Waals surface area (Å²) >= 11 is 4.58. The van der Waals surface area contributed by atoms with E-state index in [0.717, 1.165) is 0 Å². The molecule has 0 amide bonds. The molecule has 50 valence electrons. The van der Waals surface area contributed by atoms with Crippen molar-refractivity contribution in [2.75, 3.05) is 7.11 Å². The van der Waals surface area contributed by atoms with E-state index in [4.69, 9.17) is 4.74 Å². The number of methoxy groups -OCH3 is 1. The average Bonchev–Trinajstić information content (AvgIpc) is 2.17. The van der Waals surface area contributed by atoms with Gasteiger partial charge >= 0.3 is 4.84 Å². The van der Waals surface area contributed by atoms with E-state index >= 15 is 0 Å². The molecule has 1 N–H and O–H groups in total. The first-order chi connectivity index (χ1) is 4.33. The number of nitrogens with zero attached hydrogens (tertiary/aromatic N) is 1. The third-order valence-corrected chi connectivity index (χ3v) is 0.938. The highest BCUT2D eigenvalue weighted by atomic mass is 32.1. The molecule has 0 aliphatic rings. The van der Waals surface area contributed by atoms with E-state index in [9.17, 15) is 0 Å². The molecular formula is C4H6N2O2S. The van der Waals surface area contributed by atoms with Crippen LogP contribution >= 0.6 is 12.2 Å². The first-order valence-electron chi connectivity index (χ1n) is 2.36. The molecule has 0 spiro atoms. The summed E-state index contributed by atoms with van der Waals surface area (Å²) in [6.45, 7) is 0.403. The van der Waals surface area contributed by atoms with Crippen LogP contribution in [0.2, 0.25) is 0 Å².